The second-order valence-electron chi connectivity index (χ2n) is 5.64. The van der Waals surface area contributed by atoms with Crippen LogP contribution < -0.4 is 5.32 Å². The predicted octanol–water partition coefficient (Wildman–Crippen LogP) is 3.28. The van der Waals surface area contributed by atoms with Crippen molar-refractivity contribution in [3.05, 3.63) is 29.8 Å². The molecule has 1 aliphatic heterocycles. The van der Waals surface area contributed by atoms with Crippen LogP contribution in [0.15, 0.2) is 24.3 Å². The molecule has 0 spiro atoms. The van der Waals surface area contributed by atoms with E-state index >= 15 is 0 Å². The first-order chi connectivity index (χ1) is 8.09. The van der Waals surface area contributed by atoms with Crippen LogP contribution in [0.3, 0.4) is 0 Å². The van der Waals surface area contributed by atoms with E-state index in [-0.39, 0.29) is 0 Å². The minimum atomic E-state index is 0.396. The fourth-order valence-electron chi connectivity index (χ4n) is 2.67. The summed E-state index contributed by atoms with van der Waals surface area (Å²) in [6, 6.07) is 8.49. The number of anilines is 1. The minimum absolute atomic E-state index is 0.396. The van der Waals surface area contributed by atoms with Gasteiger partial charge in [0.25, 0.3) is 0 Å². The molecular formula is C15H24N2. The SMILES string of the molecule is Cc1ccccc1NCCN1CCCC1(C)C. The topological polar surface area (TPSA) is 15.3 Å². The van der Waals surface area contributed by atoms with Crippen molar-refractivity contribution in [2.45, 2.75) is 39.2 Å². The van der Waals surface area contributed by atoms with Crippen molar-refractivity contribution < 1.29 is 0 Å². The third-order valence-corrected chi connectivity index (χ3v) is 3.91. The van der Waals surface area contributed by atoms with Crippen LogP contribution in [0.25, 0.3) is 0 Å². The second-order valence-corrected chi connectivity index (χ2v) is 5.64. The molecule has 1 aliphatic rings. The van der Waals surface area contributed by atoms with Crippen molar-refractivity contribution >= 4 is 5.69 Å². The van der Waals surface area contributed by atoms with Crippen molar-refractivity contribution in [3.63, 3.8) is 0 Å². The van der Waals surface area contributed by atoms with E-state index in [1.165, 1.54) is 30.6 Å². The molecule has 1 fully saturated rings. The molecule has 2 rings (SSSR count). The number of benzene rings is 1. The van der Waals surface area contributed by atoms with E-state index in [0.717, 1.165) is 13.1 Å². The Morgan fingerprint density at radius 3 is 2.71 bits per heavy atom. The summed E-state index contributed by atoms with van der Waals surface area (Å²) < 4.78 is 0. The number of nitrogens with one attached hydrogen (secondary N) is 1. The molecule has 94 valence electrons. The summed E-state index contributed by atoms with van der Waals surface area (Å²) in [6.07, 6.45) is 2.68. The number of para-hydroxylation sites is 1. The summed E-state index contributed by atoms with van der Waals surface area (Å²) in [4.78, 5) is 2.60. The first-order valence-corrected chi connectivity index (χ1v) is 6.64. The summed E-state index contributed by atoms with van der Waals surface area (Å²) in [6.45, 7) is 10.3. The largest absolute Gasteiger partial charge is 0.384 e. The van der Waals surface area contributed by atoms with Gasteiger partial charge in [-0.25, -0.2) is 0 Å². The lowest BCUT2D eigenvalue weighted by molar-refractivity contribution is 0.182. The summed E-state index contributed by atoms with van der Waals surface area (Å²) in [5.74, 6) is 0. The molecule has 1 aromatic carbocycles. The summed E-state index contributed by atoms with van der Waals surface area (Å²) in [7, 11) is 0. The molecule has 0 atom stereocenters. The van der Waals surface area contributed by atoms with Gasteiger partial charge in [0.15, 0.2) is 0 Å². The van der Waals surface area contributed by atoms with E-state index in [4.69, 9.17) is 0 Å². The summed E-state index contributed by atoms with van der Waals surface area (Å²) in [5, 5.41) is 3.54. The maximum Gasteiger partial charge on any atom is 0.0370 e. The molecule has 0 unspecified atom stereocenters. The quantitative estimate of drug-likeness (QED) is 0.857. The van der Waals surface area contributed by atoms with Crippen LogP contribution in [-0.2, 0) is 0 Å². The summed E-state index contributed by atoms with van der Waals surface area (Å²) >= 11 is 0. The van der Waals surface area contributed by atoms with Crippen molar-refractivity contribution in [1.82, 2.24) is 4.90 Å². The molecule has 1 heterocycles. The molecule has 17 heavy (non-hydrogen) atoms. The number of likely N-dealkylation sites (tertiary alicyclic amines) is 1. The maximum absolute atomic E-state index is 3.54. The molecule has 2 nitrogen and oxygen atoms in total. The third kappa shape index (κ3) is 3.01. The van der Waals surface area contributed by atoms with Crippen LogP contribution in [0.2, 0.25) is 0 Å². The first-order valence-electron chi connectivity index (χ1n) is 6.64. The van der Waals surface area contributed by atoms with E-state index in [2.05, 4.69) is 55.3 Å². The van der Waals surface area contributed by atoms with E-state index in [0.29, 0.717) is 5.54 Å². The predicted molar refractivity (Wildman–Crippen MR) is 74.6 cm³/mol. The van der Waals surface area contributed by atoms with E-state index < -0.39 is 0 Å². The molecule has 0 radical (unpaired) electrons. The van der Waals surface area contributed by atoms with E-state index in [1.54, 1.807) is 0 Å². The van der Waals surface area contributed by atoms with Gasteiger partial charge in [-0.1, -0.05) is 18.2 Å². The van der Waals surface area contributed by atoms with E-state index in [1.807, 2.05) is 0 Å². The third-order valence-electron chi connectivity index (χ3n) is 3.91. The van der Waals surface area contributed by atoms with Gasteiger partial charge in [-0.2, -0.15) is 0 Å². The molecule has 1 saturated heterocycles. The number of rotatable bonds is 4. The zero-order chi connectivity index (χ0) is 12.3. The molecule has 0 amide bonds. The van der Waals surface area contributed by atoms with Gasteiger partial charge in [0, 0.05) is 24.3 Å². The zero-order valence-electron chi connectivity index (χ0n) is 11.3. The molecule has 0 bridgehead atoms. The van der Waals surface area contributed by atoms with Crippen molar-refractivity contribution in [2.24, 2.45) is 0 Å². The Morgan fingerprint density at radius 2 is 2.06 bits per heavy atom. The maximum atomic E-state index is 3.54. The molecule has 1 N–H and O–H groups in total. The monoisotopic (exact) mass is 232 g/mol. The standard InChI is InChI=1S/C15H24N2/c1-13-7-4-5-8-14(13)16-10-12-17-11-6-9-15(17,2)3/h4-5,7-8,16H,6,9-12H2,1-3H3. The fraction of sp³-hybridized carbons (Fsp3) is 0.600. The number of aryl methyl sites for hydroxylation is 1. The molecule has 0 saturated carbocycles. The van der Waals surface area contributed by atoms with Gasteiger partial charge < -0.3 is 5.32 Å². The lowest BCUT2D eigenvalue weighted by Gasteiger charge is -2.31. The lowest BCUT2D eigenvalue weighted by atomic mass is 10.0. The van der Waals surface area contributed by atoms with Gasteiger partial charge in [0.05, 0.1) is 0 Å². The van der Waals surface area contributed by atoms with Gasteiger partial charge in [-0.15, -0.1) is 0 Å². The Hall–Kier alpha value is -1.02. The van der Waals surface area contributed by atoms with Crippen LogP contribution in [0.5, 0.6) is 0 Å². The Morgan fingerprint density at radius 1 is 1.29 bits per heavy atom. The number of hydrogen-bond donors (Lipinski definition) is 1. The van der Waals surface area contributed by atoms with Gasteiger partial charge >= 0.3 is 0 Å². The lowest BCUT2D eigenvalue weighted by Crippen LogP contribution is -2.40. The van der Waals surface area contributed by atoms with Crippen LogP contribution in [0.4, 0.5) is 5.69 Å². The van der Waals surface area contributed by atoms with Crippen molar-refractivity contribution in [1.29, 1.82) is 0 Å². The van der Waals surface area contributed by atoms with E-state index in [9.17, 15) is 0 Å². The van der Waals surface area contributed by atoms with Gasteiger partial charge in [-0.3, -0.25) is 4.90 Å². The van der Waals surface area contributed by atoms with Gasteiger partial charge in [0.1, 0.15) is 0 Å². The highest BCUT2D eigenvalue weighted by Gasteiger charge is 2.30. The highest BCUT2D eigenvalue weighted by Crippen LogP contribution is 2.27. The zero-order valence-corrected chi connectivity index (χ0v) is 11.3. The van der Waals surface area contributed by atoms with Crippen molar-refractivity contribution in [2.75, 3.05) is 25.0 Å². The second kappa shape index (κ2) is 5.09. The molecule has 0 aromatic heterocycles. The minimum Gasteiger partial charge on any atom is -0.384 e. The van der Waals surface area contributed by atoms with Crippen LogP contribution in [0, 0.1) is 6.92 Å². The molecule has 0 aliphatic carbocycles. The molecule has 1 aromatic rings. The smallest absolute Gasteiger partial charge is 0.0370 e. The highest BCUT2D eigenvalue weighted by molar-refractivity contribution is 5.50. The number of hydrogen-bond acceptors (Lipinski definition) is 2. The Labute approximate surface area is 105 Å². The normalized spacial score (nSPS) is 19.5. The van der Waals surface area contributed by atoms with Crippen LogP contribution in [-0.4, -0.2) is 30.1 Å². The Bertz CT molecular complexity index is 371. The highest BCUT2D eigenvalue weighted by atomic mass is 15.2. The number of nitrogens with zero attached hydrogens (tertiary/aromatic N) is 1. The van der Waals surface area contributed by atoms with Crippen LogP contribution in [0.1, 0.15) is 32.3 Å². The van der Waals surface area contributed by atoms with Crippen LogP contribution >= 0.6 is 0 Å². The average molecular weight is 232 g/mol. The Balaban J connectivity index is 1.82. The molecule has 2 heteroatoms. The first kappa shape index (κ1) is 12.4. The Kier molecular flexibility index (Phi) is 3.72. The summed E-state index contributed by atoms with van der Waals surface area (Å²) in [5.41, 5.74) is 2.99. The molecular weight excluding hydrogens is 208 g/mol. The average Bonchev–Trinajstić information content (AvgIpc) is 2.61. The van der Waals surface area contributed by atoms with Gasteiger partial charge in [-0.05, 0) is 51.8 Å². The van der Waals surface area contributed by atoms with Gasteiger partial charge in [0.2, 0.25) is 0 Å². The van der Waals surface area contributed by atoms with Crippen molar-refractivity contribution in [3.8, 4) is 0 Å². The fourth-order valence-corrected chi connectivity index (χ4v) is 2.67.